The molecule has 18 heavy (non-hydrogen) atoms. The van der Waals surface area contributed by atoms with E-state index in [0.717, 1.165) is 16.7 Å². The van der Waals surface area contributed by atoms with Crippen LogP contribution in [0.25, 0.3) is 17.0 Å². The maximum Gasteiger partial charge on any atom is 0.234 e. The zero-order valence-electron chi connectivity index (χ0n) is 10.4. The molecule has 90 valence electrons. The van der Waals surface area contributed by atoms with Crippen molar-refractivity contribution < 1.29 is 4.57 Å². The lowest BCUT2D eigenvalue weighted by atomic mass is 10.3. The van der Waals surface area contributed by atoms with Gasteiger partial charge >= 0.3 is 0 Å². The van der Waals surface area contributed by atoms with E-state index in [9.17, 15) is 0 Å². The standard InChI is InChI=1S/C14H14N4/c1-17(2)11-7-9-18(10-8-11)14-15-12-5-3-4-6-13(12)16-14/h3-10H,1-2H3. The van der Waals surface area contributed by atoms with E-state index < -0.39 is 0 Å². The number of imidazole rings is 1. The van der Waals surface area contributed by atoms with Crippen molar-refractivity contribution in [3.63, 3.8) is 0 Å². The molecule has 3 aromatic rings. The Bertz CT molecular complexity index is 635. The van der Waals surface area contributed by atoms with E-state index in [4.69, 9.17) is 0 Å². The van der Waals surface area contributed by atoms with Gasteiger partial charge in [-0.3, -0.25) is 4.57 Å². The number of fused-ring (bicyclic) bond motifs is 1. The zero-order valence-corrected chi connectivity index (χ0v) is 10.4. The van der Waals surface area contributed by atoms with Crippen molar-refractivity contribution in [2.75, 3.05) is 19.0 Å². The van der Waals surface area contributed by atoms with Crippen LogP contribution >= 0.6 is 0 Å². The van der Waals surface area contributed by atoms with E-state index >= 15 is 0 Å². The molecule has 0 spiro atoms. The van der Waals surface area contributed by atoms with Crippen LogP contribution in [0, 0.1) is 0 Å². The molecule has 2 heterocycles. The third-order valence-corrected chi connectivity index (χ3v) is 2.88. The third kappa shape index (κ3) is 1.82. The highest BCUT2D eigenvalue weighted by molar-refractivity contribution is 5.75. The second-order valence-electron chi connectivity index (χ2n) is 4.37. The Morgan fingerprint density at radius 2 is 1.78 bits per heavy atom. The highest BCUT2D eigenvalue weighted by Gasteiger charge is 2.04. The maximum absolute atomic E-state index is 4.50. The summed E-state index contributed by atoms with van der Waals surface area (Å²) < 4.78 is 1.92. The molecule has 0 saturated carbocycles. The van der Waals surface area contributed by atoms with E-state index in [-0.39, 0.29) is 0 Å². The lowest BCUT2D eigenvalue weighted by Gasteiger charge is -2.12. The van der Waals surface area contributed by atoms with Crippen molar-refractivity contribution in [3.05, 3.63) is 48.8 Å². The first-order chi connectivity index (χ1) is 8.74. The van der Waals surface area contributed by atoms with Gasteiger partial charge in [-0.05, 0) is 24.3 Å². The average molecular weight is 238 g/mol. The van der Waals surface area contributed by atoms with Crippen LogP contribution in [-0.2, 0) is 0 Å². The fourth-order valence-corrected chi connectivity index (χ4v) is 1.86. The molecule has 0 amide bonds. The Labute approximate surface area is 106 Å². The van der Waals surface area contributed by atoms with Gasteiger partial charge in [-0.2, -0.15) is 0 Å². The SMILES string of the molecule is CN(C)c1cc[n+](-c2nc3ccccc3[n-]2)cc1. The summed E-state index contributed by atoms with van der Waals surface area (Å²) in [5, 5.41) is 0. The van der Waals surface area contributed by atoms with Gasteiger partial charge < -0.3 is 4.90 Å². The lowest BCUT2D eigenvalue weighted by Crippen LogP contribution is -2.31. The maximum atomic E-state index is 4.50. The molecule has 2 aromatic heterocycles. The van der Waals surface area contributed by atoms with Crippen LogP contribution in [-0.4, -0.2) is 19.1 Å². The van der Waals surface area contributed by atoms with E-state index in [2.05, 4.69) is 14.9 Å². The van der Waals surface area contributed by atoms with Crippen molar-refractivity contribution in [3.8, 4) is 5.95 Å². The van der Waals surface area contributed by atoms with E-state index in [1.807, 2.05) is 67.5 Å². The number of hydrogen-bond acceptors (Lipinski definition) is 2. The number of pyridine rings is 1. The smallest absolute Gasteiger partial charge is 0.234 e. The number of para-hydroxylation sites is 2. The van der Waals surface area contributed by atoms with Crippen LogP contribution in [0.1, 0.15) is 0 Å². The van der Waals surface area contributed by atoms with Gasteiger partial charge in [-0.1, -0.05) is 12.1 Å². The zero-order chi connectivity index (χ0) is 12.5. The number of hydrogen-bond donors (Lipinski definition) is 0. The summed E-state index contributed by atoms with van der Waals surface area (Å²) in [6.45, 7) is 0. The molecule has 0 aliphatic carbocycles. The number of benzene rings is 1. The summed E-state index contributed by atoms with van der Waals surface area (Å²) in [5.41, 5.74) is 3.01. The minimum atomic E-state index is 0.710. The van der Waals surface area contributed by atoms with E-state index in [0.29, 0.717) is 5.95 Å². The average Bonchev–Trinajstić information content (AvgIpc) is 2.82. The predicted octanol–water partition coefficient (Wildman–Crippen LogP) is 1.53. The summed E-state index contributed by atoms with van der Waals surface area (Å²) in [7, 11) is 4.04. The van der Waals surface area contributed by atoms with Gasteiger partial charge in [0, 0.05) is 32.2 Å². The fraction of sp³-hybridized carbons (Fsp3) is 0.143. The Morgan fingerprint density at radius 3 is 2.44 bits per heavy atom. The summed E-state index contributed by atoms with van der Waals surface area (Å²) >= 11 is 0. The highest BCUT2D eigenvalue weighted by atomic mass is 15.2. The van der Waals surface area contributed by atoms with Crippen LogP contribution in [0.5, 0.6) is 0 Å². The molecule has 0 bridgehead atoms. The normalized spacial score (nSPS) is 10.8. The largest absolute Gasteiger partial charge is 0.378 e. The molecule has 3 rings (SSSR count). The molecule has 0 atom stereocenters. The summed E-state index contributed by atoms with van der Waals surface area (Å²) in [6.07, 6.45) is 3.95. The highest BCUT2D eigenvalue weighted by Crippen LogP contribution is 2.10. The Hall–Kier alpha value is -2.36. The van der Waals surface area contributed by atoms with Crippen LogP contribution < -0.4 is 14.5 Å². The van der Waals surface area contributed by atoms with Crippen molar-refractivity contribution in [2.24, 2.45) is 0 Å². The van der Waals surface area contributed by atoms with Gasteiger partial charge in [0.25, 0.3) is 0 Å². The fourth-order valence-electron chi connectivity index (χ4n) is 1.86. The van der Waals surface area contributed by atoms with Crippen molar-refractivity contribution in [2.45, 2.75) is 0 Å². The summed E-state index contributed by atoms with van der Waals surface area (Å²) in [6, 6.07) is 12.0. The second-order valence-corrected chi connectivity index (χ2v) is 4.37. The van der Waals surface area contributed by atoms with Crippen LogP contribution in [0.2, 0.25) is 0 Å². The van der Waals surface area contributed by atoms with E-state index in [1.54, 1.807) is 0 Å². The Morgan fingerprint density at radius 1 is 1.06 bits per heavy atom. The van der Waals surface area contributed by atoms with Crippen LogP contribution in [0.15, 0.2) is 48.8 Å². The van der Waals surface area contributed by atoms with Gasteiger partial charge in [0.05, 0.1) is 11.0 Å². The van der Waals surface area contributed by atoms with Crippen molar-refractivity contribution in [1.29, 1.82) is 0 Å². The van der Waals surface area contributed by atoms with Gasteiger partial charge in [0.15, 0.2) is 0 Å². The summed E-state index contributed by atoms with van der Waals surface area (Å²) in [5.74, 6) is 0.710. The minimum absolute atomic E-state index is 0.710. The quantitative estimate of drug-likeness (QED) is 0.635. The van der Waals surface area contributed by atoms with Crippen LogP contribution in [0.4, 0.5) is 5.69 Å². The second kappa shape index (κ2) is 4.14. The van der Waals surface area contributed by atoms with Gasteiger partial charge in [0.1, 0.15) is 0 Å². The first-order valence-corrected chi connectivity index (χ1v) is 5.82. The minimum Gasteiger partial charge on any atom is -0.378 e. The Kier molecular flexibility index (Phi) is 2.48. The molecular formula is C14H14N4. The number of rotatable bonds is 2. The van der Waals surface area contributed by atoms with Gasteiger partial charge in [0.2, 0.25) is 5.95 Å². The first kappa shape index (κ1) is 10.8. The molecule has 0 radical (unpaired) electrons. The molecular weight excluding hydrogens is 224 g/mol. The monoisotopic (exact) mass is 238 g/mol. The van der Waals surface area contributed by atoms with E-state index in [1.165, 1.54) is 0 Å². The van der Waals surface area contributed by atoms with Gasteiger partial charge in [-0.25, -0.2) is 9.97 Å². The molecule has 4 heteroatoms. The van der Waals surface area contributed by atoms with Crippen molar-refractivity contribution >= 4 is 16.7 Å². The number of nitrogens with zero attached hydrogens (tertiary/aromatic N) is 4. The molecule has 0 unspecified atom stereocenters. The molecule has 4 nitrogen and oxygen atoms in total. The predicted molar refractivity (Wildman–Crippen MR) is 70.9 cm³/mol. The number of aromatic nitrogens is 3. The molecule has 0 aliphatic rings. The third-order valence-electron chi connectivity index (χ3n) is 2.88. The van der Waals surface area contributed by atoms with Gasteiger partial charge in [-0.15, -0.1) is 0 Å². The lowest BCUT2D eigenvalue weighted by molar-refractivity contribution is -0.603. The van der Waals surface area contributed by atoms with Crippen LogP contribution in [0.3, 0.4) is 0 Å². The summed E-state index contributed by atoms with van der Waals surface area (Å²) in [4.78, 5) is 11.1. The number of anilines is 1. The molecule has 1 aromatic carbocycles. The topological polar surface area (TPSA) is 34.1 Å². The Balaban J connectivity index is 2.03. The molecule has 0 N–H and O–H groups in total. The molecule has 0 saturated heterocycles. The first-order valence-electron chi connectivity index (χ1n) is 5.82. The van der Waals surface area contributed by atoms with Crippen molar-refractivity contribution in [1.82, 2.24) is 9.97 Å². The molecule has 0 aliphatic heterocycles. The molecule has 0 fully saturated rings.